The molecule has 2 nitrogen and oxygen atoms in total. The van der Waals surface area contributed by atoms with Gasteiger partial charge in [-0.1, -0.05) is 13.8 Å². The number of nitrogens with one attached hydrogen (secondary N) is 2. The Balaban J connectivity index is 1.41. The van der Waals surface area contributed by atoms with Crippen molar-refractivity contribution >= 4 is 0 Å². The number of hydrogen-bond donors (Lipinski definition) is 2. The molecule has 2 aliphatic carbocycles. The maximum atomic E-state index is 3.60. The Morgan fingerprint density at radius 1 is 1.15 bits per heavy atom. The summed E-state index contributed by atoms with van der Waals surface area (Å²) in [5.74, 6) is 0. The van der Waals surface area contributed by atoms with E-state index in [0.717, 1.165) is 12.1 Å². The van der Waals surface area contributed by atoms with Crippen molar-refractivity contribution < 1.29 is 0 Å². The van der Waals surface area contributed by atoms with Crippen LogP contribution in [0.3, 0.4) is 0 Å². The van der Waals surface area contributed by atoms with Crippen LogP contribution in [0.4, 0.5) is 0 Å². The third kappa shape index (κ3) is 2.96. The molecule has 1 unspecified atom stereocenters. The molecule has 2 N–H and O–H groups in total. The third-order valence-electron chi connectivity index (χ3n) is 3.27. The Kier molecular flexibility index (Phi) is 2.61. The molecular weight excluding hydrogens is 160 g/mol. The van der Waals surface area contributed by atoms with Crippen LogP contribution in [0.2, 0.25) is 0 Å². The van der Waals surface area contributed by atoms with Crippen molar-refractivity contribution in [2.45, 2.75) is 51.6 Å². The second kappa shape index (κ2) is 3.58. The smallest absolute Gasteiger partial charge is 0.0124 e. The lowest BCUT2D eigenvalue weighted by Gasteiger charge is -2.06. The fourth-order valence-corrected chi connectivity index (χ4v) is 1.77. The Morgan fingerprint density at radius 2 is 1.77 bits per heavy atom. The van der Waals surface area contributed by atoms with Gasteiger partial charge in [0.05, 0.1) is 0 Å². The molecular formula is C11H22N2. The van der Waals surface area contributed by atoms with E-state index in [2.05, 4.69) is 24.5 Å². The fourth-order valence-electron chi connectivity index (χ4n) is 1.77. The third-order valence-corrected chi connectivity index (χ3v) is 3.27. The van der Waals surface area contributed by atoms with Crippen molar-refractivity contribution in [2.75, 3.05) is 13.1 Å². The fraction of sp³-hybridized carbons (Fsp3) is 1.00. The minimum Gasteiger partial charge on any atom is -0.314 e. The van der Waals surface area contributed by atoms with Crippen LogP contribution in [-0.4, -0.2) is 25.2 Å². The van der Waals surface area contributed by atoms with E-state index in [1.165, 1.54) is 38.8 Å². The standard InChI is InChI=1S/C11H22N2/c1-11(2)8-10(11)13-7-3-6-12-9-4-5-9/h9-10,12-13H,3-8H2,1-2H3. The molecule has 0 spiro atoms. The molecule has 1 atom stereocenters. The molecule has 0 bridgehead atoms. The molecule has 2 aliphatic rings. The van der Waals surface area contributed by atoms with Crippen LogP contribution in [0.5, 0.6) is 0 Å². The summed E-state index contributed by atoms with van der Waals surface area (Å²) in [6, 6.07) is 1.67. The normalized spacial score (nSPS) is 30.5. The van der Waals surface area contributed by atoms with E-state index in [9.17, 15) is 0 Å². The Hall–Kier alpha value is -0.0800. The van der Waals surface area contributed by atoms with Gasteiger partial charge in [-0.2, -0.15) is 0 Å². The van der Waals surface area contributed by atoms with Crippen molar-refractivity contribution in [3.05, 3.63) is 0 Å². The van der Waals surface area contributed by atoms with Crippen LogP contribution in [0.1, 0.15) is 39.5 Å². The molecule has 0 aromatic carbocycles. The van der Waals surface area contributed by atoms with Gasteiger partial charge in [0.15, 0.2) is 0 Å². The van der Waals surface area contributed by atoms with Gasteiger partial charge in [0, 0.05) is 12.1 Å². The van der Waals surface area contributed by atoms with Crippen LogP contribution in [0.15, 0.2) is 0 Å². The first-order chi connectivity index (χ1) is 6.18. The molecule has 0 amide bonds. The van der Waals surface area contributed by atoms with Crippen LogP contribution >= 0.6 is 0 Å². The predicted octanol–water partition coefficient (Wildman–Crippen LogP) is 1.52. The molecule has 2 rings (SSSR count). The average molecular weight is 182 g/mol. The van der Waals surface area contributed by atoms with Crippen molar-refractivity contribution in [3.63, 3.8) is 0 Å². The summed E-state index contributed by atoms with van der Waals surface area (Å²) < 4.78 is 0. The van der Waals surface area contributed by atoms with Crippen molar-refractivity contribution in [2.24, 2.45) is 5.41 Å². The molecule has 0 aliphatic heterocycles. The average Bonchev–Trinajstić information content (AvgIpc) is 2.91. The van der Waals surface area contributed by atoms with Crippen LogP contribution in [0.25, 0.3) is 0 Å². The lowest BCUT2D eigenvalue weighted by molar-refractivity contribution is 0.524. The molecule has 13 heavy (non-hydrogen) atoms. The second-order valence-electron chi connectivity index (χ2n) is 5.28. The molecule has 0 heterocycles. The molecule has 0 saturated heterocycles. The van der Waals surface area contributed by atoms with Crippen LogP contribution in [0, 0.1) is 5.41 Å². The number of rotatable bonds is 6. The van der Waals surface area contributed by atoms with Gasteiger partial charge in [-0.05, 0) is 44.2 Å². The topological polar surface area (TPSA) is 24.1 Å². The molecule has 2 heteroatoms. The van der Waals surface area contributed by atoms with Crippen molar-refractivity contribution in [3.8, 4) is 0 Å². The SMILES string of the molecule is CC1(C)CC1NCCCNC1CC1. The monoisotopic (exact) mass is 182 g/mol. The zero-order valence-corrected chi connectivity index (χ0v) is 8.90. The summed E-state index contributed by atoms with van der Waals surface area (Å²) in [5.41, 5.74) is 0.587. The summed E-state index contributed by atoms with van der Waals surface area (Å²) >= 11 is 0. The van der Waals surface area contributed by atoms with E-state index >= 15 is 0 Å². The second-order valence-corrected chi connectivity index (χ2v) is 5.28. The summed E-state index contributed by atoms with van der Waals surface area (Å²) in [6.45, 7) is 7.07. The minimum atomic E-state index is 0.587. The first kappa shape index (κ1) is 9.47. The highest BCUT2D eigenvalue weighted by molar-refractivity contribution is 5.01. The van der Waals surface area contributed by atoms with Crippen molar-refractivity contribution in [1.29, 1.82) is 0 Å². The van der Waals surface area contributed by atoms with E-state index in [1.807, 2.05) is 0 Å². The maximum absolute atomic E-state index is 3.60. The zero-order valence-electron chi connectivity index (χ0n) is 8.90. The van der Waals surface area contributed by atoms with Crippen molar-refractivity contribution in [1.82, 2.24) is 10.6 Å². The first-order valence-electron chi connectivity index (χ1n) is 5.65. The Bertz CT molecular complexity index is 173. The largest absolute Gasteiger partial charge is 0.314 e. The van der Waals surface area contributed by atoms with E-state index in [4.69, 9.17) is 0 Å². The molecule has 2 fully saturated rings. The quantitative estimate of drug-likeness (QED) is 0.609. The number of hydrogen-bond acceptors (Lipinski definition) is 2. The molecule has 76 valence electrons. The first-order valence-corrected chi connectivity index (χ1v) is 5.65. The van der Waals surface area contributed by atoms with Gasteiger partial charge >= 0.3 is 0 Å². The van der Waals surface area contributed by atoms with Gasteiger partial charge in [0.1, 0.15) is 0 Å². The summed E-state index contributed by atoms with van der Waals surface area (Å²) in [6.07, 6.45) is 5.46. The van der Waals surface area contributed by atoms with E-state index in [0.29, 0.717) is 5.41 Å². The van der Waals surface area contributed by atoms with E-state index in [1.54, 1.807) is 0 Å². The minimum absolute atomic E-state index is 0.587. The highest BCUT2D eigenvalue weighted by atomic mass is 15.0. The van der Waals surface area contributed by atoms with E-state index in [-0.39, 0.29) is 0 Å². The molecule has 0 aromatic heterocycles. The Labute approximate surface area is 81.5 Å². The van der Waals surface area contributed by atoms with Gasteiger partial charge in [0.25, 0.3) is 0 Å². The highest BCUT2D eigenvalue weighted by Gasteiger charge is 2.44. The van der Waals surface area contributed by atoms with Crippen LogP contribution in [-0.2, 0) is 0 Å². The summed E-state index contributed by atoms with van der Waals surface area (Å²) in [5, 5.41) is 7.13. The Morgan fingerprint density at radius 3 is 2.31 bits per heavy atom. The highest BCUT2D eigenvalue weighted by Crippen LogP contribution is 2.44. The van der Waals surface area contributed by atoms with Gasteiger partial charge in [-0.25, -0.2) is 0 Å². The van der Waals surface area contributed by atoms with Crippen LogP contribution < -0.4 is 10.6 Å². The van der Waals surface area contributed by atoms with E-state index < -0.39 is 0 Å². The lowest BCUT2D eigenvalue weighted by Crippen LogP contribution is -2.26. The summed E-state index contributed by atoms with van der Waals surface area (Å²) in [7, 11) is 0. The summed E-state index contributed by atoms with van der Waals surface area (Å²) in [4.78, 5) is 0. The van der Waals surface area contributed by atoms with Gasteiger partial charge in [-0.3, -0.25) is 0 Å². The molecule has 0 aromatic rings. The van der Waals surface area contributed by atoms with Gasteiger partial charge in [0.2, 0.25) is 0 Å². The predicted molar refractivity (Wildman–Crippen MR) is 55.8 cm³/mol. The lowest BCUT2D eigenvalue weighted by atomic mass is 10.2. The maximum Gasteiger partial charge on any atom is 0.0124 e. The van der Waals surface area contributed by atoms with Gasteiger partial charge in [-0.15, -0.1) is 0 Å². The zero-order chi connectivity index (χ0) is 9.31. The van der Waals surface area contributed by atoms with Gasteiger partial charge < -0.3 is 10.6 Å². The molecule has 0 radical (unpaired) electrons. The molecule has 2 saturated carbocycles.